The number of hydrogen-bond donors (Lipinski definition) is 0. The average Bonchev–Trinajstić information content (AvgIpc) is 2.16. The molecular formula is C13H14ClN. The van der Waals surface area contributed by atoms with Gasteiger partial charge in [-0.1, -0.05) is 50.6 Å². The molecule has 78 valence electrons. The summed E-state index contributed by atoms with van der Waals surface area (Å²) in [6, 6.07) is 8.12. The maximum Gasteiger partial charge on any atom is 0.0891 e. The van der Waals surface area contributed by atoms with Gasteiger partial charge in [-0.3, -0.25) is 4.98 Å². The van der Waals surface area contributed by atoms with E-state index in [1.54, 1.807) is 6.20 Å². The van der Waals surface area contributed by atoms with E-state index in [9.17, 15) is 0 Å². The van der Waals surface area contributed by atoms with Crippen LogP contribution >= 0.6 is 11.6 Å². The molecule has 2 aromatic rings. The van der Waals surface area contributed by atoms with E-state index in [1.807, 2.05) is 12.1 Å². The van der Waals surface area contributed by atoms with Crippen molar-refractivity contribution in [2.45, 2.75) is 26.2 Å². The summed E-state index contributed by atoms with van der Waals surface area (Å²) in [5, 5.41) is 1.87. The van der Waals surface area contributed by atoms with Crippen LogP contribution in [0.3, 0.4) is 0 Å². The monoisotopic (exact) mass is 219 g/mol. The largest absolute Gasteiger partial charge is 0.255 e. The number of nitrogens with zero attached hydrogens (tertiary/aromatic N) is 1. The Morgan fingerprint density at radius 2 is 1.87 bits per heavy atom. The minimum Gasteiger partial charge on any atom is -0.255 e. The van der Waals surface area contributed by atoms with Crippen molar-refractivity contribution >= 4 is 22.5 Å². The number of benzene rings is 1. The molecule has 1 aromatic heterocycles. The summed E-state index contributed by atoms with van der Waals surface area (Å²) in [6.45, 7) is 6.47. The van der Waals surface area contributed by atoms with Gasteiger partial charge < -0.3 is 0 Å². The first kappa shape index (κ1) is 10.4. The van der Waals surface area contributed by atoms with Crippen LogP contribution in [-0.4, -0.2) is 4.98 Å². The smallest absolute Gasteiger partial charge is 0.0891 e. The van der Waals surface area contributed by atoms with Gasteiger partial charge in [-0.25, -0.2) is 0 Å². The fourth-order valence-corrected chi connectivity index (χ4v) is 2.19. The molecule has 0 N–H and O–H groups in total. The van der Waals surface area contributed by atoms with Gasteiger partial charge in [0.1, 0.15) is 0 Å². The molecule has 0 saturated heterocycles. The Bertz CT molecular complexity index is 497. The third kappa shape index (κ3) is 1.84. The van der Waals surface area contributed by atoms with Gasteiger partial charge in [-0.05, 0) is 17.0 Å². The maximum atomic E-state index is 6.36. The van der Waals surface area contributed by atoms with E-state index < -0.39 is 0 Å². The fraction of sp³-hybridized carbons (Fsp3) is 0.308. The molecule has 0 aliphatic heterocycles. The van der Waals surface area contributed by atoms with Gasteiger partial charge in [-0.2, -0.15) is 0 Å². The summed E-state index contributed by atoms with van der Waals surface area (Å²) in [5.41, 5.74) is 2.10. The minimum absolute atomic E-state index is 0.0583. The zero-order valence-electron chi connectivity index (χ0n) is 9.21. The Balaban J connectivity index is 2.76. The molecule has 1 heterocycles. The number of hydrogen-bond acceptors (Lipinski definition) is 1. The molecule has 0 aliphatic carbocycles. The molecule has 1 nitrogen and oxygen atoms in total. The predicted octanol–water partition coefficient (Wildman–Crippen LogP) is 4.19. The lowest BCUT2D eigenvalue weighted by Gasteiger charge is -2.21. The Morgan fingerprint density at radius 1 is 1.13 bits per heavy atom. The van der Waals surface area contributed by atoms with Crippen molar-refractivity contribution in [1.29, 1.82) is 0 Å². The molecule has 2 heteroatoms. The number of pyridine rings is 1. The van der Waals surface area contributed by atoms with Crippen LogP contribution in [0, 0.1) is 0 Å². The molecule has 2 rings (SSSR count). The van der Waals surface area contributed by atoms with Gasteiger partial charge in [0.15, 0.2) is 0 Å². The topological polar surface area (TPSA) is 12.9 Å². The van der Waals surface area contributed by atoms with Crippen LogP contribution < -0.4 is 0 Å². The lowest BCUT2D eigenvalue weighted by atomic mass is 9.86. The molecule has 0 atom stereocenters. The zero-order valence-corrected chi connectivity index (χ0v) is 9.97. The first-order valence-corrected chi connectivity index (χ1v) is 5.41. The first-order chi connectivity index (χ1) is 7.00. The van der Waals surface area contributed by atoms with Crippen molar-refractivity contribution in [3.8, 4) is 0 Å². The van der Waals surface area contributed by atoms with Gasteiger partial charge >= 0.3 is 0 Å². The van der Waals surface area contributed by atoms with Gasteiger partial charge in [0, 0.05) is 11.6 Å². The van der Waals surface area contributed by atoms with E-state index in [2.05, 4.69) is 37.9 Å². The molecule has 15 heavy (non-hydrogen) atoms. The second-order valence-electron chi connectivity index (χ2n) is 4.75. The number of rotatable bonds is 0. The molecule has 0 fully saturated rings. The van der Waals surface area contributed by atoms with Gasteiger partial charge in [0.25, 0.3) is 0 Å². The quantitative estimate of drug-likeness (QED) is 0.648. The molecular weight excluding hydrogens is 206 g/mol. The molecule has 0 unspecified atom stereocenters. The van der Waals surface area contributed by atoms with Crippen LogP contribution in [-0.2, 0) is 5.41 Å². The van der Waals surface area contributed by atoms with Crippen molar-refractivity contribution in [2.24, 2.45) is 0 Å². The van der Waals surface area contributed by atoms with Crippen LogP contribution in [0.1, 0.15) is 26.3 Å². The maximum absolute atomic E-state index is 6.36. The summed E-state index contributed by atoms with van der Waals surface area (Å²) in [5.74, 6) is 0. The van der Waals surface area contributed by atoms with Crippen molar-refractivity contribution in [1.82, 2.24) is 4.98 Å². The first-order valence-electron chi connectivity index (χ1n) is 5.04. The van der Waals surface area contributed by atoms with E-state index in [4.69, 9.17) is 11.6 Å². The van der Waals surface area contributed by atoms with Crippen molar-refractivity contribution in [3.63, 3.8) is 0 Å². The second kappa shape index (κ2) is 3.49. The van der Waals surface area contributed by atoms with Gasteiger partial charge in [0.05, 0.1) is 10.5 Å². The normalized spacial score (nSPS) is 12.0. The highest BCUT2D eigenvalue weighted by molar-refractivity contribution is 6.36. The Labute approximate surface area is 95.1 Å². The molecule has 1 aromatic carbocycles. The molecule has 0 saturated carbocycles. The predicted molar refractivity (Wildman–Crippen MR) is 65.5 cm³/mol. The Hall–Kier alpha value is -1.08. The minimum atomic E-state index is 0.0583. The molecule has 0 aliphatic rings. The molecule has 0 amide bonds. The number of halogens is 1. The highest BCUT2D eigenvalue weighted by Gasteiger charge is 2.18. The summed E-state index contributed by atoms with van der Waals surface area (Å²) in [6.07, 6.45) is 1.78. The van der Waals surface area contributed by atoms with Crippen LogP contribution in [0.15, 0.2) is 30.5 Å². The summed E-state index contributed by atoms with van der Waals surface area (Å²) in [4.78, 5) is 4.32. The molecule has 0 spiro atoms. The van der Waals surface area contributed by atoms with Crippen LogP contribution in [0.2, 0.25) is 5.02 Å². The SMILES string of the molecule is CC(C)(C)c1ccc2cccnc2c1Cl. The summed E-state index contributed by atoms with van der Waals surface area (Å²) in [7, 11) is 0. The lowest BCUT2D eigenvalue weighted by Crippen LogP contribution is -2.11. The highest BCUT2D eigenvalue weighted by Crippen LogP contribution is 2.33. The summed E-state index contributed by atoms with van der Waals surface area (Å²) >= 11 is 6.36. The summed E-state index contributed by atoms with van der Waals surface area (Å²) < 4.78 is 0. The third-order valence-corrected chi connectivity index (χ3v) is 2.90. The molecule has 0 bridgehead atoms. The third-order valence-electron chi connectivity index (χ3n) is 2.52. The van der Waals surface area contributed by atoms with Crippen molar-refractivity contribution in [2.75, 3.05) is 0 Å². The van der Waals surface area contributed by atoms with E-state index in [1.165, 1.54) is 0 Å². The lowest BCUT2D eigenvalue weighted by molar-refractivity contribution is 0.591. The van der Waals surface area contributed by atoms with Crippen LogP contribution in [0.4, 0.5) is 0 Å². The van der Waals surface area contributed by atoms with Gasteiger partial charge in [-0.15, -0.1) is 0 Å². The zero-order chi connectivity index (χ0) is 11.1. The fourth-order valence-electron chi connectivity index (χ4n) is 1.69. The van der Waals surface area contributed by atoms with E-state index in [0.717, 1.165) is 21.5 Å². The number of fused-ring (bicyclic) bond motifs is 1. The standard InChI is InChI=1S/C13H14ClN/c1-13(2,3)10-7-6-9-5-4-8-15-12(9)11(10)14/h4-8H,1-3H3. The van der Waals surface area contributed by atoms with E-state index in [-0.39, 0.29) is 5.41 Å². The molecule has 0 radical (unpaired) electrons. The highest BCUT2D eigenvalue weighted by atomic mass is 35.5. The van der Waals surface area contributed by atoms with E-state index in [0.29, 0.717) is 0 Å². The second-order valence-corrected chi connectivity index (χ2v) is 5.13. The van der Waals surface area contributed by atoms with Crippen molar-refractivity contribution in [3.05, 3.63) is 41.0 Å². The Kier molecular flexibility index (Phi) is 2.43. The van der Waals surface area contributed by atoms with Gasteiger partial charge in [0.2, 0.25) is 0 Å². The number of aromatic nitrogens is 1. The van der Waals surface area contributed by atoms with Crippen LogP contribution in [0.5, 0.6) is 0 Å². The van der Waals surface area contributed by atoms with Crippen molar-refractivity contribution < 1.29 is 0 Å². The van der Waals surface area contributed by atoms with Crippen LogP contribution in [0.25, 0.3) is 10.9 Å². The average molecular weight is 220 g/mol. The van der Waals surface area contributed by atoms with E-state index >= 15 is 0 Å². The Morgan fingerprint density at radius 3 is 2.53 bits per heavy atom.